The van der Waals surface area contributed by atoms with Crippen LogP contribution in [0.1, 0.15) is 12.5 Å². The molecule has 0 aromatic heterocycles. The number of ether oxygens (including phenoxy) is 1. The molecular weight excluding hydrogens is 298 g/mol. The molecule has 0 aliphatic carbocycles. The first kappa shape index (κ1) is 13.1. The number of carbonyl (C=O) groups excluding carboxylic acids is 1. The van der Waals surface area contributed by atoms with Crippen molar-refractivity contribution >= 4 is 27.9 Å². The molecule has 1 amide bonds. The Kier molecular flexibility index (Phi) is 4.04. The Bertz CT molecular complexity index is 497. The molecule has 1 aliphatic rings. The SMILES string of the molecule is C[C@@H](O)CNC(=O)C1=Cc2cc(Br)ccc2OC1. The van der Waals surface area contributed by atoms with Gasteiger partial charge in [0.1, 0.15) is 12.4 Å². The van der Waals surface area contributed by atoms with Gasteiger partial charge in [-0.15, -0.1) is 0 Å². The van der Waals surface area contributed by atoms with Crippen molar-refractivity contribution in [2.75, 3.05) is 13.2 Å². The molecule has 0 bridgehead atoms. The first-order chi connectivity index (χ1) is 8.56. The molecule has 1 atom stereocenters. The summed E-state index contributed by atoms with van der Waals surface area (Å²) in [5, 5.41) is 11.8. The van der Waals surface area contributed by atoms with Gasteiger partial charge in [0.15, 0.2) is 0 Å². The number of aliphatic hydroxyl groups is 1. The van der Waals surface area contributed by atoms with E-state index in [9.17, 15) is 4.79 Å². The smallest absolute Gasteiger partial charge is 0.250 e. The molecule has 1 aromatic carbocycles. The van der Waals surface area contributed by atoms with Crippen LogP contribution in [0.2, 0.25) is 0 Å². The number of rotatable bonds is 3. The molecule has 0 spiro atoms. The van der Waals surface area contributed by atoms with Crippen LogP contribution in [0.3, 0.4) is 0 Å². The quantitative estimate of drug-likeness (QED) is 0.893. The van der Waals surface area contributed by atoms with Gasteiger partial charge in [0.25, 0.3) is 5.91 Å². The number of carbonyl (C=O) groups is 1. The highest BCUT2D eigenvalue weighted by Gasteiger charge is 2.17. The minimum Gasteiger partial charge on any atom is -0.488 e. The molecule has 0 saturated heterocycles. The minimum absolute atomic E-state index is 0.207. The van der Waals surface area contributed by atoms with Gasteiger partial charge >= 0.3 is 0 Å². The molecule has 1 aliphatic heterocycles. The summed E-state index contributed by atoms with van der Waals surface area (Å²) in [5.41, 5.74) is 1.43. The Hall–Kier alpha value is -1.33. The number of hydrogen-bond donors (Lipinski definition) is 2. The second-order valence-corrected chi connectivity index (χ2v) is 5.12. The molecule has 5 heteroatoms. The second-order valence-electron chi connectivity index (χ2n) is 4.20. The number of benzene rings is 1. The average molecular weight is 312 g/mol. The van der Waals surface area contributed by atoms with Crippen molar-refractivity contribution in [3.8, 4) is 5.75 Å². The summed E-state index contributed by atoms with van der Waals surface area (Å²) in [6.45, 7) is 2.11. The Morgan fingerprint density at radius 3 is 3.11 bits per heavy atom. The topological polar surface area (TPSA) is 58.6 Å². The van der Waals surface area contributed by atoms with Gasteiger partial charge < -0.3 is 15.2 Å². The van der Waals surface area contributed by atoms with E-state index in [0.29, 0.717) is 5.57 Å². The van der Waals surface area contributed by atoms with E-state index in [4.69, 9.17) is 9.84 Å². The number of hydrogen-bond acceptors (Lipinski definition) is 3. The predicted molar refractivity (Wildman–Crippen MR) is 72.3 cm³/mol. The van der Waals surface area contributed by atoms with E-state index in [1.54, 1.807) is 13.0 Å². The Balaban J connectivity index is 2.14. The Labute approximate surface area is 114 Å². The van der Waals surface area contributed by atoms with Gasteiger partial charge in [0.05, 0.1) is 11.7 Å². The van der Waals surface area contributed by atoms with E-state index < -0.39 is 6.10 Å². The fourth-order valence-electron chi connectivity index (χ4n) is 1.63. The summed E-state index contributed by atoms with van der Waals surface area (Å²) in [6.07, 6.45) is 1.25. The van der Waals surface area contributed by atoms with Crippen molar-refractivity contribution in [2.45, 2.75) is 13.0 Å². The fourth-order valence-corrected chi connectivity index (χ4v) is 2.01. The maximum absolute atomic E-state index is 11.8. The molecule has 2 N–H and O–H groups in total. The maximum Gasteiger partial charge on any atom is 0.250 e. The molecule has 0 saturated carbocycles. The van der Waals surface area contributed by atoms with E-state index in [1.807, 2.05) is 18.2 Å². The first-order valence-electron chi connectivity index (χ1n) is 5.65. The molecule has 96 valence electrons. The zero-order valence-electron chi connectivity index (χ0n) is 9.94. The van der Waals surface area contributed by atoms with Gasteiger partial charge in [0.2, 0.25) is 0 Å². The van der Waals surface area contributed by atoms with Crippen LogP contribution >= 0.6 is 15.9 Å². The molecule has 0 fully saturated rings. The lowest BCUT2D eigenvalue weighted by Crippen LogP contribution is -2.33. The standard InChI is InChI=1S/C13H14BrNO3/c1-8(16)6-15-13(17)10-4-9-5-11(14)2-3-12(9)18-7-10/h2-5,8,16H,6-7H2,1H3,(H,15,17)/t8-/m1/s1. The van der Waals surface area contributed by atoms with Crippen LogP contribution < -0.4 is 10.1 Å². The lowest BCUT2D eigenvalue weighted by Gasteiger charge is -2.18. The maximum atomic E-state index is 11.8. The third-order valence-electron chi connectivity index (χ3n) is 2.53. The van der Waals surface area contributed by atoms with Crippen LogP contribution in [0.15, 0.2) is 28.2 Å². The minimum atomic E-state index is -0.555. The van der Waals surface area contributed by atoms with Gasteiger partial charge in [0, 0.05) is 16.6 Å². The lowest BCUT2D eigenvalue weighted by atomic mass is 10.1. The summed E-state index contributed by atoms with van der Waals surface area (Å²) in [6, 6.07) is 5.65. The highest BCUT2D eigenvalue weighted by Crippen LogP contribution is 2.29. The number of nitrogens with one attached hydrogen (secondary N) is 1. The van der Waals surface area contributed by atoms with Crippen LogP contribution in [-0.2, 0) is 4.79 Å². The number of aliphatic hydroxyl groups excluding tert-OH is 1. The molecule has 2 rings (SSSR count). The van der Waals surface area contributed by atoms with E-state index >= 15 is 0 Å². The van der Waals surface area contributed by atoms with Gasteiger partial charge in [-0.1, -0.05) is 15.9 Å². The van der Waals surface area contributed by atoms with Crippen molar-refractivity contribution in [2.24, 2.45) is 0 Å². The molecule has 1 aromatic rings. The highest BCUT2D eigenvalue weighted by molar-refractivity contribution is 9.10. The van der Waals surface area contributed by atoms with Gasteiger partial charge in [-0.2, -0.15) is 0 Å². The summed E-state index contributed by atoms with van der Waals surface area (Å²) < 4.78 is 6.44. The van der Waals surface area contributed by atoms with Crippen LogP contribution in [-0.4, -0.2) is 30.3 Å². The largest absolute Gasteiger partial charge is 0.488 e. The summed E-state index contributed by atoms with van der Waals surface area (Å²) in [7, 11) is 0. The van der Waals surface area contributed by atoms with E-state index in [0.717, 1.165) is 15.8 Å². The highest BCUT2D eigenvalue weighted by atomic mass is 79.9. The number of amides is 1. The summed E-state index contributed by atoms with van der Waals surface area (Å²) in [4.78, 5) is 11.8. The molecule has 0 radical (unpaired) electrons. The van der Waals surface area contributed by atoms with Crippen LogP contribution in [0.5, 0.6) is 5.75 Å². The monoisotopic (exact) mass is 311 g/mol. The van der Waals surface area contributed by atoms with Crippen LogP contribution in [0.4, 0.5) is 0 Å². The molecule has 1 heterocycles. The number of halogens is 1. The third-order valence-corrected chi connectivity index (χ3v) is 3.03. The van der Waals surface area contributed by atoms with Crippen LogP contribution in [0, 0.1) is 0 Å². The molecule has 18 heavy (non-hydrogen) atoms. The molecule has 4 nitrogen and oxygen atoms in total. The third kappa shape index (κ3) is 3.11. The fraction of sp³-hybridized carbons (Fsp3) is 0.308. The molecular formula is C13H14BrNO3. The van der Waals surface area contributed by atoms with E-state index in [-0.39, 0.29) is 19.1 Å². The van der Waals surface area contributed by atoms with Crippen LogP contribution in [0.25, 0.3) is 6.08 Å². The first-order valence-corrected chi connectivity index (χ1v) is 6.45. The van der Waals surface area contributed by atoms with E-state index in [1.165, 1.54) is 0 Å². The normalized spacial score (nSPS) is 15.2. The van der Waals surface area contributed by atoms with Crippen molar-refractivity contribution in [1.82, 2.24) is 5.32 Å². The zero-order chi connectivity index (χ0) is 13.1. The van der Waals surface area contributed by atoms with Crippen molar-refractivity contribution in [3.63, 3.8) is 0 Å². The van der Waals surface area contributed by atoms with Gasteiger partial charge in [-0.3, -0.25) is 4.79 Å². The molecule has 0 unspecified atom stereocenters. The van der Waals surface area contributed by atoms with E-state index in [2.05, 4.69) is 21.2 Å². The Morgan fingerprint density at radius 2 is 2.39 bits per heavy atom. The summed E-state index contributed by atoms with van der Waals surface area (Å²) >= 11 is 3.38. The van der Waals surface area contributed by atoms with Gasteiger partial charge in [-0.25, -0.2) is 0 Å². The van der Waals surface area contributed by atoms with Gasteiger partial charge in [-0.05, 0) is 31.2 Å². The van der Waals surface area contributed by atoms with Crippen molar-refractivity contribution < 1.29 is 14.6 Å². The second kappa shape index (κ2) is 5.54. The predicted octanol–water partition coefficient (Wildman–Crippen LogP) is 1.72. The lowest BCUT2D eigenvalue weighted by molar-refractivity contribution is -0.118. The summed E-state index contributed by atoms with van der Waals surface area (Å²) in [5.74, 6) is 0.562. The van der Waals surface area contributed by atoms with Crippen molar-refractivity contribution in [1.29, 1.82) is 0 Å². The van der Waals surface area contributed by atoms with Crippen molar-refractivity contribution in [3.05, 3.63) is 33.8 Å². The average Bonchev–Trinajstić information content (AvgIpc) is 2.34. The number of fused-ring (bicyclic) bond motifs is 1. The zero-order valence-corrected chi connectivity index (χ0v) is 11.5. The Morgan fingerprint density at radius 1 is 1.61 bits per heavy atom.